The third-order valence-electron chi connectivity index (χ3n) is 6.27. The third-order valence-corrected chi connectivity index (χ3v) is 8.43. The van der Waals surface area contributed by atoms with Crippen LogP contribution in [-0.2, 0) is 32.6 Å². The summed E-state index contributed by atoms with van der Waals surface area (Å²) in [6, 6.07) is 17.4. The lowest BCUT2D eigenvalue weighted by Crippen LogP contribution is -2.53. The first-order valence-corrected chi connectivity index (χ1v) is 16.2. The molecule has 12 heteroatoms. The fourth-order valence-corrected chi connectivity index (χ4v) is 6.01. The number of carbonyl (C=O) groups is 2. The molecule has 0 aliphatic heterocycles. The van der Waals surface area contributed by atoms with Gasteiger partial charge in [0, 0.05) is 39.6 Å². The van der Waals surface area contributed by atoms with Crippen molar-refractivity contribution < 1.29 is 18.0 Å². The summed E-state index contributed by atoms with van der Waals surface area (Å²) in [6.07, 6.45) is 2.81. The summed E-state index contributed by atoms with van der Waals surface area (Å²) < 4.78 is 26.7. The minimum Gasteiger partial charge on any atom is -0.354 e. The number of anilines is 1. The molecule has 0 fully saturated rings. The summed E-state index contributed by atoms with van der Waals surface area (Å²) in [5.74, 6) is -0.985. The molecule has 0 saturated heterocycles. The summed E-state index contributed by atoms with van der Waals surface area (Å²) in [5.41, 5.74) is 1.49. The van der Waals surface area contributed by atoms with E-state index in [1.54, 1.807) is 18.2 Å². The summed E-state index contributed by atoms with van der Waals surface area (Å²) in [4.78, 5) is 29.1. The van der Waals surface area contributed by atoms with E-state index in [0.29, 0.717) is 22.2 Å². The highest BCUT2D eigenvalue weighted by atomic mass is 35.5. The molecule has 3 rings (SSSR count). The van der Waals surface area contributed by atoms with Crippen LogP contribution >= 0.6 is 46.4 Å². The van der Waals surface area contributed by atoms with Crippen molar-refractivity contribution >= 4 is 73.9 Å². The van der Waals surface area contributed by atoms with Crippen molar-refractivity contribution in [3.05, 3.63) is 97.9 Å². The van der Waals surface area contributed by atoms with Crippen LogP contribution in [0.4, 0.5) is 5.69 Å². The number of hydrogen-bond acceptors (Lipinski definition) is 4. The fourth-order valence-electron chi connectivity index (χ4n) is 4.19. The molecule has 0 saturated carbocycles. The monoisotopic (exact) mass is 657 g/mol. The van der Waals surface area contributed by atoms with Crippen LogP contribution in [0.2, 0.25) is 20.1 Å². The minimum absolute atomic E-state index is 0.0680. The van der Waals surface area contributed by atoms with Crippen LogP contribution in [0, 0.1) is 0 Å². The Labute approximate surface area is 261 Å². The van der Waals surface area contributed by atoms with Crippen molar-refractivity contribution in [2.75, 3.05) is 23.7 Å². The number of rotatable bonds is 13. The van der Waals surface area contributed by atoms with Gasteiger partial charge >= 0.3 is 0 Å². The molecule has 1 atom stereocenters. The maximum atomic E-state index is 14.1. The van der Waals surface area contributed by atoms with E-state index in [0.717, 1.165) is 29.0 Å². The number of nitrogens with one attached hydrogen (secondary N) is 1. The number of nitrogens with zero attached hydrogens (tertiary/aromatic N) is 2. The predicted octanol–water partition coefficient (Wildman–Crippen LogP) is 6.62. The van der Waals surface area contributed by atoms with Crippen molar-refractivity contribution in [1.82, 2.24) is 10.2 Å². The second-order valence-electron chi connectivity index (χ2n) is 9.50. The quantitative estimate of drug-likeness (QED) is 0.209. The molecule has 1 N–H and O–H groups in total. The number of amides is 2. The minimum atomic E-state index is -3.96. The molecular weight excluding hydrogens is 628 g/mol. The molecule has 0 radical (unpaired) electrons. The molecule has 0 bridgehead atoms. The van der Waals surface area contributed by atoms with Crippen LogP contribution in [0.5, 0.6) is 0 Å². The van der Waals surface area contributed by atoms with E-state index in [-0.39, 0.29) is 34.6 Å². The Bertz CT molecular complexity index is 1450. The van der Waals surface area contributed by atoms with Gasteiger partial charge in [-0.3, -0.25) is 13.9 Å². The van der Waals surface area contributed by atoms with Gasteiger partial charge in [0.25, 0.3) is 0 Å². The average Bonchev–Trinajstić information content (AvgIpc) is 2.89. The van der Waals surface area contributed by atoms with Crippen molar-refractivity contribution in [1.29, 1.82) is 0 Å². The molecule has 0 spiro atoms. The van der Waals surface area contributed by atoms with Gasteiger partial charge in [-0.25, -0.2) is 8.42 Å². The maximum Gasteiger partial charge on any atom is 0.244 e. The van der Waals surface area contributed by atoms with E-state index < -0.39 is 28.5 Å². The highest BCUT2D eigenvalue weighted by molar-refractivity contribution is 7.92. The van der Waals surface area contributed by atoms with E-state index in [4.69, 9.17) is 46.4 Å². The van der Waals surface area contributed by atoms with Crippen LogP contribution in [0.3, 0.4) is 0 Å². The fraction of sp³-hybridized carbons (Fsp3) is 0.310. The molecule has 3 aromatic carbocycles. The highest BCUT2D eigenvalue weighted by Crippen LogP contribution is 2.28. The number of carbonyl (C=O) groups excluding carboxylic acids is 2. The zero-order valence-corrected chi connectivity index (χ0v) is 26.5. The van der Waals surface area contributed by atoms with Crippen molar-refractivity contribution in [3.8, 4) is 0 Å². The van der Waals surface area contributed by atoms with Crippen LogP contribution < -0.4 is 9.62 Å². The van der Waals surface area contributed by atoms with E-state index in [9.17, 15) is 18.0 Å². The Hall–Kier alpha value is -2.49. The largest absolute Gasteiger partial charge is 0.354 e. The summed E-state index contributed by atoms with van der Waals surface area (Å²) >= 11 is 24.9. The summed E-state index contributed by atoms with van der Waals surface area (Å²) in [5, 5.41) is 4.05. The van der Waals surface area contributed by atoms with E-state index in [1.165, 1.54) is 23.1 Å². The van der Waals surface area contributed by atoms with Crippen LogP contribution in [-0.4, -0.2) is 50.5 Å². The topological polar surface area (TPSA) is 86.8 Å². The Morgan fingerprint density at radius 2 is 1.56 bits per heavy atom. The van der Waals surface area contributed by atoms with E-state index in [2.05, 4.69) is 5.32 Å². The second-order valence-corrected chi connectivity index (χ2v) is 13.1. The van der Waals surface area contributed by atoms with Crippen LogP contribution in [0.25, 0.3) is 0 Å². The third kappa shape index (κ3) is 9.79. The number of sulfonamides is 1. The number of halogens is 4. The molecule has 7 nitrogen and oxygen atoms in total. The van der Waals surface area contributed by atoms with Crippen molar-refractivity contribution in [2.24, 2.45) is 0 Å². The van der Waals surface area contributed by atoms with Gasteiger partial charge in [0.05, 0.1) is 11.9 Å². The van der Waals surface area contributed by atoms with E-state index >= 15 is 0 Å². The molecule has 0 aliphatic carbocycles. The van der Waals surface area contributed by atoms with Crippen molar-refractivity contribution in [2.45, 2.75) is 38.8 Å². The zero-order valence-electron chi connectivity index (χ0n) is 22.6. The molecule has 0 heterocycles. The summed E-state index contributed by atoms with van der Waals surface area (Å²) in [6.45, 7) is 1.77. The Balaban J connectivity index is 2.08. The maximum absolute atomic E-state index is 14.1. The molecule has 220 valence electrons. The van der Waals surface area contributed by atoms with Gasteiger partial charge in [-0.15, -0.1) is 0 Å². The number of hydrogen-bond donors (Lipinski definition) is 1. The molecule has 41 heavy (non-hydrogen) atoms. The first kappa shape index (κ1) is 33.0. The Morgan fingerprint density at radius 1 is 0.902 bits per heavy atom. The van der Waals surface area contributed by atoms with Crippen molar-refractivity contribution in [3.63, 3.8) is 0 Å². The Morgan fingerprint density at radius 3 is 2.15 bits per heavy atom. The van der Waals surface area contributed by atoms with Gasteiger partial charge < -0.3 is 10.2 Å². The van der Waals surface area contributed by atoms with E-state index in [1.807, 2.05) is 37.3 Å². The second kappa shape index (κ2) is 15.1. The molecule has 2 amide bonds. The average molecular weight is 659 g/mol. The summed E-state index contributed by atoms with van der Waals surface area (Å²) in [7, 11) is -3.96. The smallest absolute Gasteiger partial charge is 0.244 e. The first-order chi connectivity index (χ1) is 19.4. The zero-order chi connectivity index (χ0) is 30.2. The molecule has 1 unspecified atom stereocenters. The van der Waals surface area contributed by atoms with Gasteiger partial charge in [-0.1, -0.05) is 96.1 Å². The molecule has 3 aromatic rings. The standard InChI is InChI=1S/C29H31Cl4N3O4S/c1-3-4-12-34-29(38)27(13-20-8-6-5-7-9-20)35(18-21-10-11-22(30)17-26(21)33)28(37)19-36(41(2,39)40)25-15-23(31)14-24(32)16-25/h5-11,14-17,27H,3-4,12-13,18-19H2,1-2H3,(H,34,38). The van der Waals surface area contributed by atoms with Gasteiger partial charge in [-0.2, -0.15) is 0 Å². The van der Waals surface area contributed by atoms with Gasteiger partial charge in [-0.05, 0) is 47.9 Å². The molecule has 0 aromatic heterocycles. The molecular formula is C29H31Cl4N3O4S. The number of benzene rings is 3. The highest BCUT2D eigenvalue weighted by Gasteiger charge is 2.33. The van der Waals surface area contributed by atoms with Gasteiger partial charge in [0.1, 0.15) is 12.6 Å². The van der Waals surface area contributed by atoms with Crippen LogP contribution in [0.1, 0.15) is 30.9 Å². The predicted molar refractivity (Wildman–Crippen MR) is 168 cm³/mol. The lowest BCUT2D eigenvalue weighted by atomic mass is 10.0. The van der Waals surface area contributed by atoms with Gasteiger partial charge in [0.2, 0.25) is 21.8 Å². The van der Waals surface area contributed by atoms with Gasteiger partial charge in [0.15, 0.2) is 0 Å². The Kier molecular flexibility index (Phi) is 12.2. The normalized spacial score (nSPS) is 12.0. The van der Waals surface area contributed by atoms with Crippen LogP contribution in [0.15, 0.2) is 66.7 Å². The lowest BCUT2D eigenvalue weighted by Gasteiger charge is -2.33. The number of unbranched alkanes of at least 4 members (excludes halogenated alkanes) is 1. The SMILES string of the molecule is CCCCNC(=O)C(Cc1ccccc1)N(Cc1ccc(Cl)cc1Cl)C(=O)CN(c1cc(Cl)cc(Cl)c1)S(C)(=O)=O. The first-order valence-electron chi connectivity index (χ1n) is 12.9. The molecule has 0 aliphatic rings. The lowest BCUT2D eigenvalue weighted by molar-refractivity contribution is -0.140.